The van der Waals surface area contributed by atoms with Crippen molar-refractivity contribution in [1.29, 1.82) is 0 Å². The van der Waals surface area contributed by atoms with E-state index in [4.69, 9.17) is 0 Å². The molecule has 0 fully saturated rings. The van der Waals surface area contributed by atoms with E-state index in [1.54, 1.807) is 109 Å². The molecule has 0 spiro atoms. The van der Waals surface area contributed by atoms with Gasteiger partial charge in [-0.25, -0.2) is 0 Å². The summed E-state index contributed by atoms with van der Waals surface area (Å²) in [7, 11) is 0. The zero-order chi connectivity index (χ0) is 36.3. The first-order valence-corrected chi connectivity index (χ1v) is 16.0. The van der Waals surface area contributed by atoms with Crippen LogP contribution in [0.3, 0.4) is 0 Å². The Balaban J connectivity index is 0.000000208. The van der Waals surface area contributed by atoms with Gasteiger partial charge in [0.1, 0.15) is 17.3 Å². The Morgan fingerprint density at radius 1 is 0.288 bits per heavy atom. The van der Waals surface area contributed by atoms with Crippen molar-refractivity contribution in [2.24, 2.45) is 0 Å². The van der Waals surface area contributed by atoms with E-state index in [0.717, 1.165) is 0 Å². The number of benzene rings is 6. The molecule has 0 saturated carbocycles. The van der Waals surface area contributed by atoms with Gasteiger partial charge in [0.05, 0.1) is 0 Å². The number of aliphatic hydroxyl groups is 3. The van der Waals surface area contributed by atoms with Crippen molar-refractivity contribution >= 4 is 34.6 Å². The number of carbonyl (C=O) groups excluding carboxylic acids is 3. The third kappa shape index (κ3) is 13.1. The summed E-state index contributed by atoms with van der Waals surface area (Å²) < 4.78 is 0. The van der Waals surface area contributed by atoms with Crippen molar-refractivity contribution < 1.29 is 46.8 Å². The molecule has 0 saturated heterocycles. The minimum atomic E-state index is -0.202. The Morgan fingerprint density at radius 3 is 0.615 bits per heavy atom. The number of allylic oxidation sites excluding steroid dienone is 3. The van der Waals surface area contributed by atoms with Crippen LogP contribution < -0.4 is 0 Å². The summed E-state index contributed by atoms with van der Waals surface area (Å²) in [6, 6.07) is 53.6. The predicted octanol–water partition coefficient (Wildman–Crippen LogP) is 10.4. The van der Waals surface area contributed by atoms with Crippen LogP contribution in [0.5, 0.6) is 0 Å². The van der Waals surface area contributed by atoms with Crippen molar-refractivity contribution in [3.05, 3.63) is 234 Å². The normalized spacial score (nSPS) is 11.0. The van der Waals surface area contributed by atoms with Gasteiger partial charge in [0, 0.05) is 68.7 Å². The Hall–Kier alpha value is -6.53. The van der Waals surface area contributed by atoms with Gasteiger partial charge in [-0.05, 0) is 0 Å². The Kier molecular flexibility index (Phi) is 16.5. The third-order valence-corrected chi connectivity index (χ3v) is 7.19. The molecule has 0 aliphatic heterocycles. The number of hydrogen-bond acceptors (Lipinski definition) is 6. The van der Waals surface area contributed by atoms with Crippen LogP contribution in [-0.4, -0.2) is 32.7 Å². The maximum absolute atomic E-state index is 11.8. The van der Waals surface area contributed by atoms with Gasteiger partial charge in [0.25, 0.3) is 0 Å². The second-order valence-corrected chi connectivity index (χ2v) is 10.9. The molecule has 0 aromatic heterocycles. The molecule has 260 valence electrons. The Labute approximate surface area is 313 Å². The fourth-order valence-electron chi connectivity index (χ4n) is 4.51. The monoisotopic (exact) mass is 728 g/mol. The van der Waals surface area contributed by atoms with Gasteiger partial charge in [0.2, 0.25) is 0 Å². The molecule has 6 aromatic carbocycles. The first-order valence-electron chi connectivity index (χ1n) is 16.0. The second-order valence-electron chi connectivity index (χ2n) is 10.9. The maximum atomic E-state index is 11.8. The number of rotatable bonds is 9. The molecular formula is C45H36FeO6. The average molecular weight is 729 g/mol. The minimum Gasteiger partial charge on any atom is -0.507 e. The molecule has 0 amide bonds. The first-order chi connectivity index (χ1) is 24.8. The number of ketones is 3. The predicted molar refractivity (Wildman–Crippen MR) is 203 cm³/mol. The average Bonchev–Trinajstić information content (AvgIpc) is 3.20. The van der Waals surface area contributed by atoms with Crippen LogP contribution >= 0.6 is 0 Å². The summed E-state index contributed by atoms with van der Waals surface area (Å²) >= 11 is 0. The Bertz CT molecular complexity index is 1830. The van der Waals surface area contributed by atoms with E-state index < -0.39 is 0 Å². The summed E-state index contributed by atoms with van der Waals surface area (Å²) in [6.07, 6.45) is 3.72. The second kappa shape index (κ2) is 21.5. The Morgan fingerprint density at radius 2 is 0.442 bits per heavy atom. The standard InChI is InChI=1S/3C15H12O2.Fe/c3*16-14(12-7-3-1-4-8-12)11-15(17)13-9-5-2-6-10-13;/h3*1-11,16H;/b3*14-11-;. The summed E-state index contributed by atoms with van der Waals surface area (Å²) in [5, 5.41) is 29.4. The van der Waals surface area contributed by atoms with Crippen molar-refractivity contribution in [3.63, 3.8) is 0 Å². The van der Waals surface area contributed by atoms with Gasteiger partial charge in [-0.2, -0.15) is 0 Å². The fraction of sp³-hybridized carbons (Fsp3) is 0. The molecule has 3 N–H and O–H groups in total. The third-order valence-electron chi connectivity index (χ3n) is 7.19. The number of hydrogen-bond donors (Lipinski definition) is 3. The molecule has 0 radical (unpaired) electrons. The van der Waals surface area contributed by atoms with Crippen LogP contribution in [0.25, 0.3) is 17.3 Å². The molecule has 6 rings (SSSR count). The van der Waals surface area contributed by atoms with Gasteiger partial charge >= 0.3 is 0 Å². The van der Waals surface area contributed by atoms with Crippen LogP contribution in [0.2, 0.25) is 0 Å². The van der Waals surface area contributed by atoms with Crippen LogP contribution in [0, 0.1) is 0 Å². The summed E-state index contributed by atoms with van der Waals surface area (Å²) in [5.74, 6) is -0.649. The van der Waals surface area contributed by atoms with Gasteiger partial charge in [-0.1, -0.05) is 182 Å². The molecule has 0 atom stereocenters. The maximum Gasteiger partial charge on any atom is 0.189 e. The molecular weight excluding hydrogens is 692 g/mol. The molecule has 0 bridgehead atoms. The zero-order valence-corrected chi connectivity index (χ0v) is 29.1. The van der Waals surface area contributed by atoms with E-state index >= 15 is 0 Å². The van der Waals surface area contributed by atoms with Crippen molar-refractivity contribution in [2.45, 2.75) is 0 Å². The summed E-state index contributed by atoms with van der Waals surface area (Å²) in [4.78, 5) is 35.4. The topological polar surface area (TPSA) is 112 Å². The molecule has 0 unspecified atom stereocenters. The van der Waals surface area contributed by atoms with E-state index in [9.17, 15) is 29.7 Å². The number of carbonyl (C=O) groups is 3. The van der Waals surface area contributed by atoms with E-state index in [1.807, 2.05) is 72.8 Å². The van der Waals surface area contributed by atoms with E-state index in [0.29, 0.717) is 33.4 Å². The minimum absolute atomic E-state index is 0. The molecule has 7 heteroatoms. The molecule has 0 heterocycles. The van der Waals surface area contributed by atoms with Crippen LogP contribution in [0.15, 0.2) is 200 Å². The molecule has 0 aliphatic rings. The molecule has 52 heavy (non-hydrogen) atoms. The van der Waals surface area contributed by atoms with Crippen molar-refractivity contribution in [3.8, 4) is 0 Å². The fourth-order valence-corrected chi connectivity index (χ4v) is 4.51. The van der Waals surface area contributed by atoms with E-state index in [2.05, 4.69) is 0 Å². The molecule has 6 nitrogen and oxygen atoms in total. The molecule has 6 aromatic rings. The molecule has 0 aliphatic carbocycles. The largest absolute Gasteiger partial charge is 0.507 e. The SMILES string of the molecule is O=C(/C=C(\O)c1ccccc1)c1ccccc1.O=C(/C=C(\O)c1ccccc1)c1ccccc1.O=C(/C=C(\O)c1ccccc1)c1ccccc1.[Fe]. The van der Waals surface area contributed by atoms with Crippen molar-refractivity contribution in [2.75, 3.05) is 0 Å². The first kappa shape index (κ1) is 39.9. The summed E-state index contributed by atoms with van der Waals surface area (Å²) in [6.45, 7) is 0. The van der Waals surface area contributed by atoms with Gasteiger partial charge in [-0.3, -0.25) is 14.4 Å². The van der Waals surface area contributed by atoms with E-state index in [-0.39, 0.29) is 51.7 Å². The smallest absolute Gasteiger partial charge is 0.189 e. The number of aliphatic hydroxyl groups excluding tert-OH is 3. The zero-order valence-electron chi connectivity index (χ0n) is 28.0. The quantitative estimate of drug-likeness (QED) is 0.0591. The summed E-state index contributed by atoms with van der Waals surface area (Å²) in [5.41, 5.74) is 3.60. The van der Waals surface area contributed by atoms with Gasteiger partial charge < -0.3 is 15.3 Å². The van der Waals surface area contributed by atoms with Crippen LogP contribution in [-0.2, 0) is 17.1 Å². The van der Waals surface area contributed by atoms with Gasteiger partial charge in [0.15, 0.2) is 17.3 Å². The van der Waals surface area contributed by atoms with Gasteiger partial charge in [-0.15, -0.1) is 0 Å². The van der Waals surface area contributed by atoms with Crippen LogP contribution in [0.1, 0.15) is 47.8 Å². The van der Waals surface area contributed by atoms with Crippen LogP contribution in [0.4, 0.5) is 0 Å². The van der Waals surface area contributed by atoms with E-state index in [1.165, 1.54) is 18.2 Å². The van der Waals surface area contributed by atoms with Crippen molar-refractivity contribution in [1.82, 2.24) is 0 Å².